The molecule has 3 rings (SSSR count). The van der Waals surface area contributed by atoms with E-state index in [9.17, 15) is 10.1 Å². The molecule has 0 bridgehead atoms. The number of carbonyl (C=O) groups excluding carboxylic acids is 1. The fraction of sp³-hybridized carbons (Fsp3) is 0.300. The van der Waals surface area contributed by atoms with Gasteiger partial charge in [-0.15, -0.1) is 0 Å². The highest BCUT2D eigenvalue weighted by Crippen LogP contribution is 2.39. The van der Waals surface area contributed by atoms with Crippen molar-refractivity contribution >= 4 is 17.5 Å². The monoisotopic (exact) mass is 354 g/mol. The zero-order chi connectivity index (χ0) is 17.9. The van der Waals surface area contributed by atoms with Crippen LogP contribution in [0.15, 0.2) is 48.5 Å². The van der Waals surface area contributed by atoms with Crippen LogP contribution in [-0.2, 0) is 4.79 Å². The number of amides is 1. The average Bonchev–Trinajstić information content (AvgIpc) is 3.47. The molecule has 1 aliphatic carbocycles. The van der Waals surface area contributed by atoms with Gasteiger partial charge < -0.3 is 10.1 Å². The van der Waals surface area contributed by atoms with Crippen molar-refractivity contribution in [3.8, 4) is 22.9 Å². The van der Waals surface area contributed by atoms with Crippen molar-refractivity contribution in [2.75, 3.05) is 6.61 Å². The summed E-state index contributed by atoms with van der Waals surface area (Å²) in [7, 11) is 0. The van der Waals surface area contributed by atoms with E-state index in [0.717, 1.165) is 24.0 Å². The molecule has 2 aromatic rings. The van der Waals surface area contributed by atoms with E-state index in [1.165, 1.54) is 0 Å². The summed E-state index contributed by atoms with van der Waals surface area (Å²) in [5.41, 5.74) is 1.22. The Morgan fingerprint density at radius 2 is 2.00 bits per heavy atom. The number of benzene rings is 2. The minimum Gasteiger partial charge on any atom is -0.482 e. The fourth-order valence-electron chi connectivity index (χ4n) is 2.78. The highest BCUT2D eigenvalue weighted by molar-refractivity contribution is 6.32. The minimum atomic E-state index is -0.818. The van der Waals surface area contributed by atoms with Crippen LogP contribution >= 0.6 is 11.6 Å². The second kappa shape index (κ2) is 7.16. The Balaban J connectivity index is 1.62. The first kappa shape index (κ1) is 17.3. The molecule has 128 valence electrons. The third kappa shape index (κ3) is 4.12. The summed E-state index contributed by atoms with van der Waals surface area (Å²) in [6, 6.07) is 17.5. The summed E-state index contributed by atoms with van der Waals surface area (Å²) in [5.74, 6) is 0.357. The predicted octanol–water partition coefficient (Wildman–Crippen LogP) is 4.19. The summed E-state index contributed by atoms with van der Waals surface area (Å²) in [5, 5.41) is 12.5. The smallest absolute Gasteiger partial charge is 0.259 e. The SMILES string of the molecule is C[C@@](C#N)(NC(=O)COc1ccc(-c2ccccc2)cc1Cl)C1CC1. The van der Waals surface area contributed by atoms with Crippen LogP contribution in [0.25, 0.3) is 11.1 Å². The summed E-state index contributed by atoms with van der Waals surface area (Å²) < 4.78 is 5.53. The summed E-state index contributed by atoms with van der Waals surface area (Å²) in [4.78, 5) is 12.1. The number of ether oxygens (including phenoxy) is 1. The first-order chi connectivity index (χ1) is 12.0. The molecule has 0 saturated heterocycles. The molecule has 0 radical (unpaired) electrons. The third-order valence-electron chi connectivity index (χ3n) is 4.42. The maximum atomic E-state index is 12.1. The van der Waals surface area contributed by atoms with E-state index in [0.29, 0.717) is 10.8 Å². The van der Waals surface area contributed by atoms with E-state index in [4.69, 9.17) is 16.3 Å². The second-order valence-electron chi connectivity index (χ2n) is 6.44. The Hall–Kier alpha value is -2.51. The van der Waals surface area contributed by atoms with E-state index in [-0.39, 0.29) is 18.4 Å². The largest absolute Gasteiger partial charge is 0.482 e. The van der Waals surface area contributed by atoms with Crippen LogP contribution in [0.3, 0.4) is 0 Å². The molecule has 4 nitrogen and oxygen atoms in total. The van der Waals surface area contributed by atoms with Crippen LogP contribution in [0.4, 0.5) is 0 Å². The Bertz CT molecular complexity index is 812. The summed E-state index contributed by atoms with van der Waals surface area (Å²) in [6.07, 6.45) is 1.94. The fourth-order valence-corrected chi connectivity index (χ4v) is 3.01. The lowest BCUT2D eigenvalue weighted by Crippen LogP contribution is -2.48. The normalized spacial score (nSPS) is 15.7. The van der Waals surface area contributed by atoms with Gasteiger partial charge >= 0.3 is 0 Å². The minimum absolute atomic E-state index is 0.172. The third-order valence-corrected chi connectivity index (χ3v) is 4.72. The molecule has 1 atom stereocenters. The lowest BCUT2D eigenvalue weighted by Gasteiger charge is -2.22. The van der Waals surface area contributed by atoms with Crippen molar-refractivity contribution < 1.29 is 9.53 Å². The van der Waals surface area contributed by atoms with Crippen LogP contribution in [0.5, 0.6) is 5.75 Å². The molecule has 1 N–H and O–H groups in total. The van der Waals surface area contributed by atoms with Crippen molar-refractivity contribution in [2.24, 2.45) is 5.92 Å². The molecule has 1 amide bonds. The van der Waals surface area contributed by atoms with Gasteiger partial charge in [-0.25, -0.2) is 0 Å². The molecule has 0 heterocycles. The van der Waals surface area contributed by atoms with Crippen molar-refractivity contribution in [1.29, 1.82) is 5.26 Å². The van der Waals surface area contributed by atoms with Gasteiger partial charge in [0, 0.05) is 0 Å². The molecule has 1 aliphatic rings. The number of rotatable bonds is 6. The van der Waals surface area contributed by atoms with E-state index in [1.54, 1.807) is 13.0 Å². The quantitative estimate of drug-likeness (QED) is 0.845. The summed E-state index contributed by atoms with van der Waals surface area (Å²) >= 11 is 6.27. The zero-order valence-corrected chi connectivity index (χ0v) is 14.7. The number of hydrogen-bond acceptors (Lipinski definition) is 3. The highest BCUT2D eigenvalue weighted by atomic mass is 35.5. The van der Waals surface area contributed by atoms with Crippen LogP contribution in [-0.4, -0.2) is 18.1 Å². The number of nitrogens with zero attached hydrogens (tertiary/aromatic N) is 1. The molecule has 0 spiro atoms. The Kier molecular flexibility index (Phi) is 4.96. The molecule has 0 aliphatic heterocycles. The van der Waals surface area contributed by atoms with E-state index in [1.807, 2.05) is 42.5 Å². The first-order valence-electron chi connectivity index (χ1n) is 8.22. The van der Waals surface area contributed by atoms with Crippen molar-refractivity contribution in [3.05, 3.63) is 53.6 Å². The second-order valence-corrected chi connectivity index (χ2v) is 6.84. The van der Waals surface area contributed by atoms with E-state index >= 15 is 0 Å². The van der Waals surface area contributed by atoms with Gasteiger partial charge in [-0.1, -0.05) is 48.0 Å². The van der Waals surface area contributed by atoms with Crippen LogP contribution in [0, 0.1) is 17.2 Å². The lowest BCUT2D eigenvalue weighted by atomic mass is 9.98. The van der Waals surface area contributed by atoms with Gasteiger partial charge in [0.05, 0.1) is 11.1 Å². The van der Waals surface area contributed by atoms with Gasteiger partial charge in [0.25, 0.3) is 5.91 Å². The maximum Gasteiger partial charge on any atom is 0.259 e. The van der Waals surface area contributed by atoms with Gasteiger partial charge in [0.2, 0.25) is 0 Å². The van der Waals surface area contributed by atoms with Gasteiger partial charge in [-0.3, -0.25) is 4.79 Å². The molecule has 25 heavy (non-hydrogen) atoms. The summed E-state index contributed by atoms with van der Waals surface area (Å²) in [6.45, 7) is 1.58. The van der Waals surface area contributed by atoms with Crippen molar-refractivity contribution in [3.63, 3.8) is 0 Å². The molecular formula is C20H19ClN2O2. The Morgan fingerprint density at radius 1 is 1.28 bits per heavy atom. The van der Waals surface area contributed by atoms with Crippen molar-refractivity contribution in [2.45, 2.75) is 25.3 Å². The highest BCUT2D eigenvalue weighted by Gasteiger charge is 2.43. The molecular weight excluding hydrogens is 336 g/mol. The molecule has 2 aromatic carbocycles. The van der Waals surface area contributed by atoms with Gasteiger partial charge in [0.15, 0.2) is 6.61 Å². The number of nitriles is 1. The molecule has 1 fully saturated rings. The number of hydrogen-bond donors (Lipinski definition) is 1. The van der Waals surface area contributed by atoms with Crippen LogP contribution in [0.1, 0.15) is 19.8 Å². The Morgan fingerprint density at radius 3 is 2.60 bits per heavy atom. The van der Waals surface area contributed by atoms with Gasteiger partial charge in [-0.05, 0) is 48.9 Å². The average molecular weight is 355 g/mol. The Labute approximate surface area is 152 Å². The van der Waals surface area contributed by atoms with E-state index in [2.05, 4.69) is 11.4 Å². The van der Waals surface area contributed by atoms with Crippen molar-refractivity contribution in [1.82, 2.24) is 5.32 Å². The molecule has 0 aromatic heterocycles. The number of halogens is 1. The van der Waals surface area contributed by atoms with Gasteiger partial charge in [0.1, 0.15) is 11.3 Å². The van der Waals surface area contributed by atoms with Crippen LogP contribution < -0.4 is 10.1 Å². The van der Waals surface area contributed by atoms with Crippen LogP contribution in [0.2, 0.25) is 5.02 Å². The van der Waals surface area contributed by atoms with Gasteiger partial charge in [-0.2, -0.15) is 5.26 Å². The predicted molar refractivity (Wildman–Crippen MR) is 97.3 cm³/mol. The van der Waals surface area contributed by atoms with E-state index < -0.39 is 5.54 Å². The zero-order valence-electron chi connectivity index (χ0n) is 14.0. The topological polar surface area (TPSA) is 62.1 Å². The molecule has 0 unspecified atom stereocenters. The number of nitrogens with one attached hydrogen (secondary N) is 1. The maximum absolute atomic E-state index is 12.1. The lowest BCUT2D eigenvalue weighted by molar-refractivity contribution is -0.124. The number of carbonyl (C=O) groups is 1. The standard InChI is InChI=1S/C20H19ClN2O2/c1-20(13-22,16-8-9-16)23-19(24)12-25-18-10-7-15(11-17(18)21)14-5-3-2-4-6-14/h2-7,10-11,16H,8-9,12H2,1H3,(H,23,24)/t20-/m0/s1. The molecule has 1 saturated carbocycles. The molecule has 5 heteroatoms. The first-order valence-corrected chi connectivity index (χ1v) is 8.59.